The molecule has 0 aliphatic heterocycles. The number of benzene rings is 1. The fraction of sp³-hybridized carbons (Fsp3) is 0.500. The van der Waals surface area contributed by atoms with E-state index in [0.29, 0.717) is 11.6 Å². The zero-order valence-corrected chi connectivity index (χ0v) is 11.5. The Hall–Kier alpha value is -0.350. The summed E-state index contributed by atoms with van der Waals surface area (Å²) in [6.07, 6.45) is 5.06. The summed E-state index contributed by atoms with van der Waals surface area (Å²) in [7, 11) is -0.896. The molecule has 1 aromatic rings. The molecule has 0 heterocycles. The first kappa shape index (κ1) is 12.1. The maximum Gasteiger partial charge on any atom is 0.0543 e. The molecular formula is C12H16BrNOS. The molecule has 1 aliphatic carbocycles. The van der Waals surface area contributed by atoms with E-state index in [0.717, 1.165) is 15.1 Å². The summed E-state index contributed by atoms with van der Waals surface area (Å²) in [6.45, 7) is 0. The lowest BCUT2D eigenvalue weighted by molar-refractivity contribution is 0.604. The van der Waals surface area contributed by atoms with Gasteiger partial charge in [-0.25, -0.2) is 0 Å². The third-order valence-electron chi connectivity index (χ3n) is 3.06. The highest BCUT2D eigenvalue weighted by Crippen LogP contribution is 2.29. The molecule has 1 fully saturated rings. The molecule has 2 nitrogen and oxygen atoms in total. The van der Waals surface area contributed by atoms with Crippen molar-refractivity contribution in [3.05, 3.63) is 22.7 Å². The van der Waals surface area contributed by atoms with Crippen LogP contribution in [0.4, 0.5) is 5.69 Å². The van der Waals surface area contributed by atoms with E-state index in [1.807, 2.05) is 18.2 Å². The van der Waals surface area contributed by atoms with Crippen molar-refractivity contribution >= 4 is 32.4 Å². The Bertz CT molecular complexity index is 402. The van der Waals surface area contributed by atoms with Crippen LogP contribution in [0, 0.1) is 5.92 Å². The second-order valence-electron chi connectivity index (χ2n) is 4.35. The highest BCUT2D eigenvalue weighted by molar-refractivity contribution is 9.10. The van der Waals surface area contributed by atoms with Gasteiger partial charge in [0, 0.05) is 15.9 Å². The average molecular weight is 302 g/mol. The third kappa shape index (κ3) is 2.86. The van der Waals surface area contributed by atoms with Crippen molar-refractivity contribution in [1.29, 1.82) is 0 Å². The maximum absolute atomic E-state index is 12.2. The quantitative estimate of drug-likeness (QED) is 0.870. The Kier molecular flexibility index (Phi) is 4.03. The van der Waals surface area contributed by atoms with Gasteiger partial charge in [-0.2, -0.15) is 0 Å². The minimum absolute atomic E-state index is 0.644. The van der Waals surface area contributed by atoms with E-state index >= 15 is 0 Å². The number of halogens is 1. The molecule has 1 aromatic carbocycles. The van der Waals surface area contributed by atoms with Gasteiger partial charge in [0.1, 0.15) is 0 Å². The Balaban J connectivity index is 2.08. The molecular weight excluding hydrogens is 286 g/mol. The summed E-state index contributed by atoms with van der Waals surface area (Å²) in [5.41, 5.74) is 6.36. The second kappa shape index (κ2) is 5.32. The van der Waals surface area contributed by atoms with E-state index in [1.165, 1.54) is 25.7 Å². The largest absolute Gasteiger partial charge is 0.399 e. The Morgan fingerprint density at radius 3 is 2.69 bits per heavy atom. The predicted octanol–water partition coefficient (Wildman–Crippen LogP) is 3.33. The molecule has 1 atom stereocenters. The van der Waals surface area contributed by atoms with E-state index in [-0.39, 0.29) is 0 Å². The first-order chi connectivity index (χ1) is 7.66. The first-order valence-electron chi connectivity index (χ1n) is 5.60. The third-order valence-corrected chi connectivity index (χ3v) is 5.60. The van der Waals surface area contributed by atoms with Gasteiger partial charge >= 0.3 is 0 Å². The van der Waals surface area contributed by atoms with Crippen LogP contribution in [0.15, 0.2) is 27.6 Å². The second-order valence-corrected chi connectivity index (χ2v) is 6.67. The fourth-order valence-corrected chi connectivity index (χ4v) is 4.56. The zero-order valence-electron chi connectivity index (χ0n) is 9.12. The number of nitrogen functional groups attached to an aromatic ring is 1. The summed E-state index contributed by atoms with van der Waals surface area (Å²) in [6, 6.07) is 5.50. The number of anilines is 1. The molecule has 16 heavy (non-hydrogen) atoms. The summed E-state index contributed by atoms with van der Waals surface area (Å²) >= 11 is 3.42. The Morgan fingerprint density at radius 2 is 2.06 bits per heavy atom. The molecule has 0 radical (unpaired) electrons. The molecule has 4 heteroatoms. The van der Waals surface area contributed by atoms with Gasteiger partial charge < -0.3 is 5.73 Å². The lowest BCUT2D eigenvalue weighted by atomic mass is 10.1. The van der Waals surface area contributed by atoms with Gasteiger partial charge in [0.2, 0.25) is 0 Å². The van der Waals surface area contributed by atoms with Crippen LogP contribution < -0.4 is 5.73 Å². The SMILES string of the molecule is Nc1ccc(S(=O)CC2CCCC2)c(Br)c1. The van der Waals surface area contributed by atoms with Crippen LogP contribution in [0.25, 0.3) is 0 Å². The van der Waals surface area contributed by atoms with Crippen molar-refractivity contribution in [3.63, 3.8) is 0 Å². The summed E-state index contributed by atoms with van der Waals surface area (Å²) in [5.74, 6) is 1.44. The van der Waals surface area contributed by atoms with E-state index < -0.39 is 10.8 Å². The molecule has 2 N–H and O–H groups in total. The van der Waals surface area contributed by atoms with Crippen molar-refractivity contribution in [2.45, 2.75) is 30.6 Å². The van der Waals surface area contributed by atoms with Gasteiger partial charge in [0.15, 0.2) is 0 Å². The van der Waals surface area contributed by atoms with Crippen LogP contribution in [0.3, 0.4) is 0 Å². The smallest absolute Gasteiger partial charge is 0.0543 e. The average Bonchev–Trinajstić information content (AvgIpc) is 2.70. The number of hydrogen-bond donors (Lipinski definition) is 1. The van der Waals surface area contributed by atoms with E-state index in [2.05, 4.69) is 15.9 Å². The number of nitrogens with two attached hydrogens (primary N) is 1. The molecule has 0 bridgehead atoms. The van der Waals surface area contributed by atoms with Crippen molar-refractivity contribution in [1.82, 2.24) is 0 Å². The minimum Gasteiger partial charge on any atom is -0.399 e. The molecule has 1 aliphatic rings. The van der Waals surface area contributed by atoms with E-state index in [4.69, 9.17) is 5.73 Å². The Labute approximate surface area is 107 Å². The van der Waals surface area contributed by atoms with Crippen molar-refractivity contribution in [2.24, 2.45) is 5.92 Å². The van der Waals surface area contributed by atoms with Gasteiger partial charge in [-0.1, -0.05) is 12.8 Å². The van der Waals surface area contributed by atoms with Gasteiger partial charge in [-0.05, 0) is 52.9 Å². The Morgan fingerprint density at radius 1 is 1.38 bits per heavy atom. The highest BCUT2D eigenvalue weighted by Gasteiger charge is 2.19. The zero-order chi connectivity index (χ0) is 11.5. The van der Waals surface area contributed by atoms with Crippen molar-refractivity contribution in [2.75, 3.05) is 11.5 Å². The van der Waals surface area contributed by atoms with Crippen LogP contribution in [0.5, 0.6) is 0 Å². The lowest BCUT2D eigenvalue weighted by Crippen LogP contribution is -2.08. The maximum atomic E-state index is 12.2. The van der Waals surface area contributed by atoms with Crippen LogP contribution in [-0.4, -0.2) is 9.96 Å². The topological polar surface area (TPSA) is 43.1 Å². The van der Waals surface area contributed by atoms with Crippen LogP contribution in [0.2, 0.25) is 0 Å². The molecule has 0 aromatic heterocycles. The fourth-order valence-electron chi connectivity index (χ4n) is 2.18. The molecule has 1 saturated carbocycles. The van der Waals surface area contributed by atoms with Gasteiger partial charge in [0.25, 0.3) is 0 Å². The summed E-state index contributed by atoms with van der Waals surface area (Å²) in [5, 5.41) is 0. The summed E-state index contributed by atoms with van der Waals surface area (Å²) < 4.78 is 13.0. The number of hydrogen-bond acceptors (Lipinski definition) is 2. The van der Waals surface area contributed by atoms with Gasteiger partial charge in [-0.3, -0.25) is 4.21 Å². The van der Waals surface area contributed by atoms with Crippen LogP contribution in [-0.2, 0) is 10.8 Å². The molecule has 0 amide bonds. The molecule has 88 valence electrons. The first-order valence-corrected chi connectivity index (χ1v) is 7.71. The molecule has 0 spiro atoms. The van der Waals surface area contributed by atoms with Crippen LogP contribution in [0.1, 0.15) is 25.7 Å². The summed E-state index contributed by atoms with van der Waals surface area (Å²) in [4.78, 5) is 0.876. The van der Waals surface area contributed by atoms with Crippen molar-refractivity contribution in [3.8, 4) is 0 Å². The van der Waals surface area contributed by atoms with E-state index in [9.17, 15) is 4.21 Å². The molecule has 1 unspecified atom stereocenters. The number of rotatable bonds is 3. The van der Waals surface area contributed by atoms with E-state index in [1.54, 1.807) is 0 Å². The highest BCUT2D eigenvalue weighted by atomic mass is 79.9. The van der Waals surface area contributed by atoms with Gasteiger partial charge in [-0.15, -0.1) is 0 Å². The predicted molar refractivity (Wildman–Crippen MR) is 71.8 cm³/mol. The van der Waals surface area contributed by atoms with Crippen LogP contribution >= 0.6 is 15.9 Å². The molecule has 2 rings (SSSR count). The standard InChI is InChI=1S/C12H16BrNOS/c13-11-7-10(14)5-6-12(11)16(15)8-9-3-1-2-4-9/h5-7,9H,1-4,8,14H2. The normalized spacial score (nSPS) is 18.8. The van der Waals surface area contributed by atoms with Crippen molar-refractivity contribution < 1.29 is 4.21 Å². The lowest BCUT2D eigenvalue weighted by Gasteiger charge is -2.10. The minimum atomic E-state index is -0.896. The molecule has 0 saturated heterocycles. The monoisotopic (exact) mass is 301 g/mol. The van der Waals surface area contributed by atoms with Gasteiger partial charge in [0.05, 0.1) is 15.7 Å².